The molecule has 0 aliphatic carbocycles. The molecule has 0 unspecified atom stereocenters. The molecule has 0 bridgehead atoms. The van der Waals surface area contributed by atoms with Crippen molar-refractivity contribution in [1.82, 2.24) is 19.6 Å². The highest BCUT2D eigenvalue weighted by molar-refractivity contribution is 14.0. The van der Waals surface area contributed by atoms with E-state index in [0.717, 1.165) is 61.6 Å². The fourth-order valence-corrected chi connectivity index (χ4v) is 3.33. The van der Waals surface area contributed by atoms with E-state index in [1.807, 2.05) is 13.1 Å². The van der Waals surface area contributed by atoms with Crippen molar-refractivity contribution in [3.63, 3.8) is 0 Å². The van der Waals surface area contributed by atoms with Gasteiger partial charge < -0.3 is 19.5 Å². The Kier molecular flexibility index (Phi) is 7.28. The van der Waals surface area contributed by atoms with E-state index < -0.39 is 0 Å². The number of aryl methyl sites for hydroxylation is 1. The van der Waals surface area contributed by atoms with E-state index in [0.29, 0.717) is 0 Å². The monoisotopic (exact) mass is 462 g/mol. The number of guanidine groups is 1. The molecule has 24 heavy (non-hydrogen) atoms. The van der Waals surface area contributed by atoms with Crippen LogP contribution in [0.15, 0.2) is 28.0 Å². The minimum atomic E-state index is 0. The average Bonchev–Trinajstić information content (AvgIpc) is 3.27. The minimum absolute atomic E-state index is 0. The van der Waals surface area contributed by atoms with Crippen molar-refractivity contribution >= 4 is 46.6 Å². The Morgan fingerprint density at radius 2 is 2.17 bits per heavy atom. The number of rotatable bonds is 4. The third-order valence-electron chi connectivity index (χ3n) is 3.87. The summed E-state index contributed by atoms with van der Waals surface area (Å²) in [4.78, 5) is 13.5. The smallest absolute Gasteiger partial charge is 0.205 e. The Balaban J connectivity index is 0.00000208. The van der Waals surface area contributed by atoms with E-state index in [4.69, 9.17) is 4.42 Å². The molecule has 0 radical (unpaired) electrons. The van der Waals surface area contributed by atoms with Crippen LogP contribution in [0.5, 0.6) is 0 Å². The molecular weight excluding hydrogens is 439 g/mol. The summed E-state index contributed by atoms with van der Waals surface area (Å²) >= 11 is 1.49. The zero-order valence-electron chi connectivity index (χ0n) is 13.9. The van der Waals surface area contributed by atoms with Gasteiger partial charge in [-0.25, -0.2) is 4.98 Å². The molecule has 132 valence electrons. The molecule has 1 aliphatic rings. The molecule has 0 aromatic carbocycles. The van der Waals surface area contributed by atoms with E-state index in [2.05, 4.69) is 36.4 Å². The number of nitrogens with one attached hydrogen (secondary N) is 1. The minimum Gasteiger partial charge on any atom is -0.472 e. The molecule has 2 aromatic rings. The van der Waals surface area contributed by atoms with Crippen LogP contribution in [-0.2, 0) is 13.0 Å². The van der Waals surface area contributed by atoms with Crippen LogP contribution in [0.25, 0.3) is 0 Å². The van der Waals surface area contributed by atoms with Gasteiger partial charge in [0.1, 0.15) is 5.82 Å². The largest absolute Gasteiger partial charge is 0.472 e. The zero-order valence-corrected chi connectivity index (χ0v) is 17.1. The molecule has 0 spiro atoms. The highest BCUT2D eigenvalue weighted by Crippen LogP contribution is 2.19. The van der Waals surface area contributed by atoms with Crippen LogP contribution in [0.1, 0.15) is 18.3 Å². The van der Waals surface area contributed by atoms with Gasteiger partial charge in [-0.15, -0.1) is 24.0 Å². The first kappa shape index (κ1) is 19.0. The van der Waals surface area contributed by atoms with Crippen molar-refractivity contribution in [3.05, 3.63) is 30.0 Å². The fraction of sp³-hybridized carbons (Fsp3) is 0.533. The van der Waals surface area contributed by atoms with E-state index in [1.165, 1.54) is 11.5 Å². The van der Waals surface area contributed by atoms with Crippen LogP contribution in [0.3, 0.4) is 0 Å². The zero-order chi connectivity index (χ0) is 16.1. The van der Waals surface area contributed by atoms with Gasteiger partial charge in [0.05, 0.1) is 12.5 Å². The van der Waals surface area contributed by atoms with Crippen LogP contribution in [-0.4, -0.2) is 53.4 Å². The van der Waals surface area contributed by atoms with Crippen molar-refractivity contribution in [2.24, 2.45) is 4.99 Å². The second-order valence-electron chi connectivity index (χ2n) is 5.35. The molecule has 3 rings (SSSR count). The lowest BCUT2D eigenvalue weighted by molar-refractivity contribution is 0.372. The van der Waals surface area contributed by atoms with Gasteiger partial charge in [-0.2, -0.15) is 4.37 Å². The van der Waals surface area contributed by atoms with Crippen LogP contribution >= 0.6 is 35.5 Å². The van der Waals surface area contributed by atoms with Gasteiger partial charge in [0.2, 0.25) is 5.13 Å². The SMILES string of the molecule is CCc1nsc(N2CCN(C(=NC)NCc3ccoc3)CC2)n1.I. The Bertz CT molecular complexity index is 636. The lowest BCUT2D eigenvalue weighted by Crippen LogP contribution is -2.52. The Morgan fingerprint density at radius 1 is 1.38 bits per heavy atom. The van der Waals surface area contributed by atoms with E-state index in [1.54, 1.807) is 12.5 Å². The number of nitrogens with zero attached hydrogens (tertiary/aromatic N) is 5. The lowest BCUT2D eigenvalue weighted by Gasteiger charge is -2.36. The molecule has 0 saturated carbocycles. The van der Waals surface area contributed by atoms with Crippen molar-refractivity contribution < 1.29 is 4.42 Å². The number of anilines is 1. The summed E-state index contributed by atoms with van der Waals surface area (Å²) in [5, 5.41) is 4.41. The maximum absolute atomic E-state index is 5.09. The van der Waals surface area contributed by atoms with Gasteiger partial charge >= 0.3 is 0 Å². The molecule has 3 heterocycles. The number of hydrogen-bond donors (Lipinski definition) is 1. The summed E-state index contributed by atoms with van der Waals surface area (Å²) in [6.07, 6.45) is 4.32. The molecule has 0 amide bonds. The topological polar surface area (TPSA) is 69.8 Å². The standard InChI is InChI=1S/C15H22N6OS.HI/c1-3-13-18-15(23-19-13)21-7-5-20(6-8-21)14(16-2)17-10-12-4-9-22-11-12;/h4,9,11H,3,5-8,10H2,1-2H3,(H,16,17);1H. The first-order chi connectivity index (χ1) is 11.3. The molecule has 1 fully saturated rings. The molecule has 9 heteroatoms. The highest BCUT2D eigenvalue weighted by atomic mass is 127. The van der Waals surface area contributed by atoms with Gasteiger partial charge in [-0.3, -0.25) is 4.99 Å². The van der Waals surface area contributed by atoms with Crippen LogP contribution in [0.4, 0.5) is 5.13 Å². The Morgan fingerprint density at radius 3 is 2.75 bits per heavy atom. The quantitative estimate of drug-likeness (QED) is 0.427. The molecule has 7 nitrogen and oxygen atoms in total. The summed E-state index contributed by atoms with van der Waals surface area (Å²) in [7, 11) is 1.82. The van der Waals surface area contributed by atoms with Gasteiger partial charge in [0.25, 0.3) is 0 Å². The summed E-state index contributed by atoms with van der Waals surface area (Å²) in [5.74, 6) is 1.86. The van der Waals surface area contributed by atoms with Gasteiger partial charge in [-0.05, 0) is 6.07 Å². The number of hydrogen-bond acceptors (Lipinski definition) is 6. The molecule has 2 aromatic heterocycles. The van der Waals surface area contributed by atoms with E-state index in [-0.39, 0.29) is 24.0 Å². The van der Waals surface area contributed by atoms with Crippen molar-refractivity contribution in [2.45, 2.75) is 19.9 Å². The third-order valence-corrected chi connectivity index (χ3v) is 4.68. The first-order valence-electron chi connectivity index (χ1n) is 7.84. The van der Waals surface area contributed by atoms with Crippen molar-refractivity contribution in [1.29, 1.82) is 0 Å². The predicted octanol–water partition coefficient (Wildman–Crippen LogP) is 2.21. The normalized spacial score (nSPS) is 15.3. The van der Waals surface area contributed by atoms with Gasteiger partial charge in [0, 0.05) is 63.3 Å². The van der Waals surface area contributed by atoms with Crippen molar-refractivity contribution in [2.75, 3.05) is 38.1 Å². The van der Waals surface area contributed by atoms with Gasteiger partial charge in [-0.1, -0.05) is 6.92 Å². The van der Waals surface area contributed by atoms with Crippen molar-refractivity contribution in [3.8, 4) is 0 Å². The maximum atomic E-state index is 5.09. The second kappa shape index (κ2) is 9.21. The summed E-state index contributed by atoms with van der Waals surface area (Å²) in [6.45, 7) is 6.52. The van der Waals surface area contributed by atoms with Crippen LogP contribution in [0, 0.1) is 0 Å². The second-order valence-corrected chi connectivity index (χ2v) is 6.08. The highest BCUT2D eigenvalue weighted by Gasteiger charge is 2.21. The lowest BCUT2D eigenvalue weighted by atomic mass is 10.3. The van der Waals surface area contributed by atoms with Gasteiger partial charge in [0.15, 0.2) is 5.96 Å². The summed E-state index contributed by atoms with van der Waals surface area (Å²) in [6, 6.07) is 1.96. The fourth-order valence-electron chi connectivity index (χ4n) is 2.53. The number of aliphatic imine (C=N–C) groups is 1. The molecule has 0 atom stereocenters. The Labute approximate surface area is 163 Å². The molecule has 1 saturated heterocycles. The average molecular weight is 462 g/mol. The summed E-state index contributed by atoms with van der Waals surface area (Å²) in [5.41, 5.74) is 1.12. The Hall–Kier alpha value is -1.36. The van der Waals surface area contributed by atoms with Crippen LogP contribution < -0.4 is 10.2 Å². The number of furan rings is 1. The number of piperazine rings is 1. The predicted molar refractivity (Wildman–Crippen MR) is 107 cm³/mol. The molecule has 1 aliphatic heterocycles. The molecular formula is C15H23IN6OS. The third kappa shape index (κ3) is 4.59. The molecule has 1 N–H and O–H groups in total. The first-order valence-corrected chi connectivity index (χ1v) is 8.61. The van der Waals surface area contributed by atoms with E-state index in [9.17, 15) is 0 Å². The summed E-state index contributed by atoms with van der Waals surface area (Å²) < 4.78 is 9.46. The van der Waals surface area contributed by atoms with E-state index >= 15 is 0 Å². The maximum Gasteiger partial charge on any atom is 0.205 e. The van der Waals surface area contributed by atoms with Crippen LogP contribution in [0.2, 0.25) is 0 Å². The number of halogens is 1. The number of aromatic nitrogens is 2.